The Balaban J connectivity index is 2.20. The molecule has 15 heavy (non-hydrogen) atoms. The highest BCUT2D eigenvalue weighted by atomic mass is 19.1. The van der Waals surface area contributed by atoms with Crippen LogP contribution in [0.5, 0.6) is 0 Å². The molecule has 0 aliphatic carbocycles. The van der Waals surface area contributed by atoms with E-state index in [1.807, 2.05) is 13.8 Å². The van der Waals surface area contributed by atoms with E-state index < -0.39 is 6.17 Å². The van der Waals surface area contributed by atoms with E-state index in [0.29, 0.717) is 13.1 Å². The van der Waals surface area contributed by atoms with Gasteiger partial charge in [-0.25, -0.2) is 4.39 Å². The van der Waals surface area contributed by atoms with Crippen molar-refractivity contribution < 1.29 is 4.39 Å². The van der Waals surface area contributed by atoms with Gasteiger partial charge in [0.15, 0.2) is 0 Å². The standard InChI is InChI=1S/C11H22FN3/c1-10(2)13-8-11(12)9-15-6-4-14(3)5-7-15/h11H,4-9H2,1-3H3. The van der Waals surface area contributed by atoms with Crippen molar-refractivity contribution in [3.05, 3.63) is 0 Å². The van der Waals surface area contributed by atoms with Gasteiger partial charge in [-0.15, -0.1) is 0 Å². The van der Waals surface area contributed by atoms with Crippen LogP contribution in [0.3, 0.4) is 0 Å². The minimum absolute atomic E-state index is 0.314. The minimum Gasteiger partial charge on any atom is -0.304 e. The number of rotatable bonds is 4. The van der Waals surface area contributed by atoms with Crippen molar-refractivity contribution in [2.45, 2.75) is 20.0 Å². The second-order valence-corrected chi connectivity index (χ2v) is 4.49. The predicted octanol–water partition coefficient (Wildman–Crippen LogP) is 1.05. The Labute approximate surface area is 92.0 Å². The fourth-order valence-corrected chi connectivity index (χ4v) is 1.65. The summed E-state index contributed by atoms with van der Waals surface area (Å²) in [5.74, 6) is 0. The molecular formula is C11H22FN3. The highest BCUT2D eigenvalue weighted by molar-refractivity contribution is 5.79. The van der Waals surface area contributed by atoms with Crippen molar-refractivity contribution >= 4 is 5.71 Å². The third-order valence-electron chi connectivity index (χ3n) is 2.66. The second kappa shape index (κ2) is 6.18. The lowest BCUT2D eigenvalue weighted by molar-refractivity contribution is 0.124. The molecule has 0 N–H and O–H groups in total. The molecule has 1 saturated heterocycles. The molecule has 1 rings (SSSR count). The number of alkyl halides is 1. The molecule has 0 aromatic rings. The van der Waals surface area contributed by atoms with E-state index in [2.05, 4.69) is 21.8 Å². The molecule has 88 valence electrons. The van der Waals surface area contributed by atoms with Gasteiger partial charge in [0.1, 0.15) is 6.17 Å². The van der Waals surface area contributed by atoms with E-state index in [1.165, 1.54) is 0 Å². The Kier molecular flexibility index (Phi) is 5.19. The fourth-order valence-electron chi connectivity index (χ4n) is 1.65. The summed E-state index contributed by atoms with van der Waals surface area (Å²) in [4.78, 5) is 8.57. The fraction of sp³-hybridized carbons (Fsp3) is 0.909. The van der Waals surface area contributed by atoms with Crippen LogP contribution in [-0.4, -0.2) is 68.0 Å². The Bertz CT molecular complexity index is 206. The maximum atomic E-state index is 13.5. The summed E-state index contributed by atoms with van der Waals surface area (Å²) < 4.78 is 13.5. The monoisotopic (exact) mass is 215 g/mol. The number of likely N-dealkylation sites (N-methyl/N-ethyl adjacent to an activating group) is 1. The van der Waals surface area contributed by atoms with Gasteiger partial charge in [0, 0.05) is 38.4 Å². The van der Waals surface area contributed by atoms with Gasteiger partial charge in [-0.2, -0.15) is 0 Å². The van der Waals surface area contributed by atoms with Crippen LogP contribution in [0.15, 0.2) is 4.99 Å². The van der Waals surface area contributed by atoms with E-state index in [-0.39, 0.29) is 0 Å². The summed E-state index contributed by atoms with van der Waals surface area (Å²) in [6, 6.07) is 0. The first-order chi connectivity index (χ1) is 7.08. The largest absolute Gasteiger partial charge is 0.304 e. The number of nitrogens with zero attached hydrogens (tertiary/aromatic N) is 3. The van der Waals surface area contributed by atoms with Crippen molar-refractivity contribution in [1.29, 1.82) is 0 Å². The van der Waals surface area contributed by atoms with Gasteiger partial charge in [-0.1, -0.05) is 0 Å². The Morgan fingerprint density at radius 1 is 1.27 bits per heavy atom. The highest BCUT2D eigenvalue weighted by Crippen LogP contribution is 2.03. The van der Waals surface area contributed by atoms with Gasteiger partial charge in [0.05, 0.1) is 6.54 Å². The summed E-state index contributed by atoms with van der Waals surface area (Å²) in [5, 5.41) is 0. The summed E-state index contributed by atoms with van der Waals surface area (Å²) in [6.45, 7) is 8.70. The number of halogens is 1. The number of hydrogen-bond acceptors (Lipinski definition) is 3. The molecule has 1 unspecified atom stereocenters. The van der Waals surface area contributed by atoms with E-state index in [9.17, 15) is 4.39 Å². The lowest BCUT2D eigenvalue weighted by Gasteiger charge is -2.32. The van der Waals surface area contributed by atoms with Gasteiger partial charge in [0.25, 0.3) is 0 Å². The van der Waals surface area contributed by atoms with Gasteiger partial charge in [-0.05, 0) is 20.9 Å². The third-order valence-corrected chi connectivity index (χ3v) is 2.66. The molecule has 0 aromatic heterocycles. The quantitative estimate of drug-likeness (QED) is 0.653. The van der Waals surface area contributed by atoms with Crippen LogP contribution in [0.2, 0.25) is 0 Å². The molecule has 0 aromatic carbocycles. The molecule has 1 aliphatic rings. The van der Waals surface area contributed by atoms with Crippen LogP contribution in [0, 0.1) is 0 Å². The molecular weight excluding hydrogens is 193 g/mol. The lowest BCUT2D eigenvalue weighted by atomic mass is 10.3. The van der Waals surface area contributed by atoms with E-state index >= 15 is 0 Å². The van der Waals surface area contributed by atoms with Crippen LogP contribution in [0.1, 0.15) is 13.8 Å². The molecule has 0 saturated carbocycles. The molecule has 4 heteroatoms. The molecule has 0 spiro atoms. The topological polar surface area (TPSA) is 18.8 Å². The lowest BCUT2D eigenvalue weighted by Crippen LogP contribution is -2.46. The minimum atomic E-state index is -0.816. The van der Waals surface area contributed by atoms with E-state index in [4.69, 9.17) is 0 Å². The maximum absolute atomic E-state index is 13.5. The molecule has 1 fully saturated rings. The first kappa shape index (κ1) is 12.6. The van der Waals surface area contributed by atoms with Crippen LogP contribution in [-0.2, 0) is 0 Å². The van der Waals surface area contributed by atoms with E-state index in [0.717, 1.165) is 31.9 Å². The zero-order valence-electron chi connectivity index (χ0n) is 10.0. The molecule has 0 radical (unpaired) electrons. The van der Waals surface area contributed by atoms with Crippen LogP contribution < -0.4 is 0 Å². The summed E-state index contributed by atoms with van der Waals surface area (Å²) in [7, 11) is 2.11. The predicted molar refractivity (Wildman–Crippen MR) is 62.5 cm³/mol. The third kappa shape index (κ3) is 5.23. The molecule has 3 nitrogen and oxygen atoms in total. The van der Waals surface area contributed by atoms with Crippen LogP contribution in [0.25, 0.3) is 0 Å². The zero-order chi connectivity index (χ0) is 11.3. The van der Waals surface area contributed by atoms with Gasteiger partial charge in [0.2, 0.25) is 0 Å². The van der Waals surface area contributed by atoms with Crippen LogP contribution >= 0.6 is 0 Å². The van der Waals surface area contributed by atoms with Gasteiger partial charge < -0.3 is 4.90 Å². The average molecular weight is 215 g/mol. The zero-order valence-corrected chi connectivity index (χ0v) is 10.0. The van der Waals surface area contributed by atoms with Crippen molar-refractivity contribution in [3.8, 4) is 0 Å². The molecule has 0 bridgehead atoms. The Morgan fingerprint density at radius 3 is 2.40 bits per heavy atom. The van der Waals surface area contributed by atoms with E-state index in [1.54, 1.807) is 0 Å². The maximum Gasteiger partial charge on any atom is 0.132 e. The van der Waals surface area contributed by atoms with Crippen molar-refractivity contribution in [2.24, 2.45) is 4.99 Å². The molecule has 1 atom stereocenters. The normalized spacial score (nSPS) is 21.3. The highest BCUT2D eigenvalue weighted by Gasteiger charge is 2.17. The Morgan fingerprint density at radius 2 is 1.87 bits per heavy atom. The summed E-state index contributed by atoms with van der Waals surface area (Å²) >= 11 is 0. The molecule has 0 amide bonds. The van der Waals surface area contributed by atoms with Gasteiger partial charge in [-0.3, -0.25) is 9.89 Å². The average Bonchev–Trinajstić information content (AvgIpc) is 2.19. The van der Waals surface area contributed by atoms with Gasteiger partial charge >= 0.3 is 0 Å². The first-order valence-corrected chi connectivity index (χ1v) is 5.60. The summed E-state index contributed by atoms with van der Waals surface area (Å²) in [6.07, 6.45) is -0.816. The van der Waals surface area contributed by atoms with Crippen molar-refractivity contribution in [3.63, 3.8) is 0 Å². The molecule has 1 heterocycles. The smallest absolute Gasteiger partial charge is 0.132 e. The van der Waals surface area contributed by atoms with Crippen molar-refractivity contribution in [1.82, 2.24) is 9.80 Å². The Hall–Kier alpha value is -0.480. The van der Waals surface area contributed by atoms with Crippen LogP contribution in [0.4, 0.5) is 4.39 Å². The summed E-state index contributed by atoms with van der Waals surface area (Å²) in [5.41, 5.74) is 0.955. The molecule has 1 aliphatic heterocycles. The number of hydrogen-bond donors (Lipinski definition) is 0. The van der Waals surface area contributed by atoms with Crippen molar-refractivity contribution in [2.75, 3.05) is 46.3 Å². The second-order valence-electron chi connectivity index (χ2n) is 4.49. The number of aliphatic imine (C=N–C) groups is 1. The SMILES string of the molecule is CC(C)=NCC(F)CN1CCN(C)CC1. The first-order valence-electron chi connectivity index (χ1n) is 5.60. The number of piperazine rings is 1.